The van der Waals surface area contributed by atoms with E-state index in [2.05, 4.69) is 6.92 Å². The zero-order valence-corrected chi connectivity index (χ0v) is 10.8. The maximum absolute atomic E-state index is 11.9. The van der Waals surface area contributed by atoms with Crippen LogP contribution in [0.15, 0.2) is 36.4 Å². The van der Waals surface area contributed by atoms with E-state index in [4.69, 9.17) is 4.74 Å². The first-order chi connectivity index (χ1) is 7.91. The van der Waals surface area contributed by atoms with Gasteiger partial charge in [-0.1, -0.05) is 39.0 Å². The molecule has 0 radical (unpaired) electrons. The molecule has 0 aliphatic heterocycles. The van der Waals surface area contributed by atoms with Crippen LogP contribution in [0.2, 0.25) is 0 Å². The molecular weight excluding hydrogens is 212 g/mol. The van der Waals surface area contributed by atoms with Gasteiger partial charge in [0.05, 0.1) is 7.11 Å². The van der Waals surface area contributed by atoms with Crippen LogP contribution in [0.3, 0.4) is 0 Å². The van der Waals surface area contributed by atoms with Gasteiger partial charge in [0.2, 0.25) is 0 Å². The van der Waals surface area contributed by atoms with Crippen LogP contribution in [0.5, 0.6) is 5.75 Å². The molecule has 0 fully saturated rings. The fourth-order valence-electron chi connectivity index (χ4n) is 2.31. The Bertz CT molecular complexity index is 468. The van der Waals surface area contributed by atoms with Gasteiger partial charge in [0.15, 0.2) is 5.78 Å². The maximum Gasteiger partial charge on any atom is 0.162 e. The lowest BCUT2D eigenvalue weighted by atomic mass is 9.65. The highest BCUT2D eigenvalue weighted by atomic mass is 16.5. The van der Waals surface area contributed by atoms with Gasteiger partial charge in [-0.05, 0) is 23.8 Å². The van der Waals surface area contributed by atoms with E-state index in [-0.39, 0.29) is 16.6 Å². The normalized spacial score (nSPS) is 26.2. The Kier molecular flexibility index (Phi) is 2.61. The summed E-state index contributed by atoms with van der Waals surface area (Å²) in [5.74, 6) is 1.03. The molecule has 0 amide bonds. The van der Waals surface area contributed by atoms with Crippen molar-refractivity contribution in [2.45, 2.75) is 26.2 Å². The molecule has 1 atom stereocenters. The summed E-state index contributed by atoms with van der Waals surface area (Å²) < 4.78 is 5.15. The lowest BCUT2D eigenvalue weighted by Gasteiger charge is -2.37. The summed E-state index contributed by atoms with van der Waals surface area (Å²) in [6.07, 6.45) is 3.71. The molecule has 0 N–H and O–H groups in total. The second-order valence-corrected chi connectivity index (χ2v) is 5.25. The predicted octanol–water partition coefficient (Wildman–Crippen LogP) is 3.12. The van der Waals surface area contributed by atoms with E-state index in [1.54, 1.807) is 13.2 Å². The molecule has 1 aromatic carbocycles. The standard InChI is InChI=1S/C15H18O2/c1-14(2)13(16)9-10-15(14,3)11-5-7-12(17-4)8-6-11/h5-10H,1-4H3. The molecule has 2 heteroatoms. The van der Waals surface area contributed by atoms with Crippen LogP contribution in [-0.2, 0) is 10.2 Å². The Hall–Kier alpha value is -1.57. The number of benzene rings is 1. The third kappa shape index (κ3) is 1.59. The number of hydrogen-bond donors (Lipinski definition) is 0. The third-order valence-corrected chi connectivity index (χ3v) is 4.17. The number of carbonyl (C=O) groups excluding carboxylic acids is 1. The summed E-state index contributed by atoms with van der Waals surface area (Å²) in [5, 5.41) is 0. The van der Waals surface area contributed by atoms with E-state index in [0.717, 1.165) is 11.3 Å². The number of hydrogen-bond acceptors (Lipinski definition) is 2. The monoisotopic (exact) mass is 230 g/mol. The van der Waals surface area contributed by atoms with E-state index >= 15 is 0 Å². The molecule has 17 heavy (non-hydrogen) atoms. The molecule has 0 saturated carbocycles. The van der Waals surface area contributed by atoms with E-state index < -0.39 is 0 Å². The fraction of sp³-hybridized carbons (Fsp3) is 0.400. The highest BCUT2D eigenvalue weighted by molar-refractivity contribution is 5.99. The molecule has 1 unspecified atom stereocenters. The van der Waals surface area contributed by atoms with Crippen molar-refractivity contribution < 1.29 is 9.53 Å². The molecule has 2 nitrogen and oxygen atoms in total. The van der Waals surface area contributed by atoms with E-state index in [0.29, 0.717) is 0 Å². The minimum atomic E-state index is -0.387. The van der Waals surface area contributed by atoms with Crippen molar-refractivity contribution in [2.75, 3.05) is 7.11 Å². The van der Waals surface area contributed by atoms with Crippen LogP contribution in [0.4, 0.5) is 0 Å². The fourth-order valence-corrected chi connectivity index (χ4v) is 2.31. The summed E-state index contributed by atoms with van der Waals surface area (Å²) in [4.78, 5) is 11.9. The zero-order chi connectivity index (χ0) is 12.7. The molecule has 90 valence electrons. The van der Waals surface area contributed by atoms with Gasteiger partial charge >= 0.3 is 0 Å². The van der Waals surface area contributed by atoms with Gasteiger partial charge in [0.25, 0.3) is 0 Å². The van der Waals surface area contributed by atoms with Crippen LogP contribution in [0.1, 0.15) is 26.3 Å². The second kappa shape index (κ2) is 3.73. The Morgan fingerprint density at radius 2 is 1.65 bits per heavy atom. The lowest BCUT2D eigenvalue weighted by molar-refractivity contribution is -0.123. The number of methoxy groups -OCH3 is 1. The average molecular weight is 230 g/mol. The Labute approximate surface area is 102 Å². The number of rotatable bonds is 2. The molecular formula is C15H18O2. The number of allylic oxidation sites excluding steroid dienone is 2. The topological polar surface area (TPSA) is 26.3 Å². The minimum Gasteiger partial charge on any atom is -0.497 e. The molecule has 0 bridgehead atoms. The summed E-state index contributed by atoms with van der Waals surface area (Å²) in [6, 6.07) is 7.94. The van der Waals surface area contributed by atoms with Gasteiger partial charge in [-0.3, -0.25) is 4.79 Å². The van der Waals surface area contributed by atoms with E-state index in [9.17, 15) is 4.79 Å². The van der Waals surface area contributed by atoms with Crippen LogP contribution in [-0.4, -0.2) is 12.9 Å². The molecule has 1 aliphatic rings. The van der Waals surface area contributed by atoms with Gasteiger partial charge in [-0.25, -0.2) is 0 Å². The largest absolute Gasteiger partial charge is 0.497 e. The zero-order valence-electron chi connectivity index (χ0n) is 10.8. The first-order valence-corrected chi connectivity index (χ1v) is 5.80. The van der Waals surface area contributed by atoms with Crippen molar-refractivity contribution in [1.29, 1.82) is 0 Å². The van der Waals surface area contributed by atoms with Crippen molar-refractivity contribution in [3.8, 4) is 5.75 Å². The summed E-state index contributed by atoms with van der Waals surface area (Å²) in [6.45, 7) is 6.11. The molecule has 0 spiro atoms. The van der Waals surface area contributed by atoms with Crippen LogP contribution >= 0.6 is 0 Å². The first-order valence-electron chi connectivity index (χ1n) is 5.80. The van der Waals surface area contributed by atoms with Crippen molar-refractivity contribution >= 4 is 5.78 Å². The maximum atomic E-state index is 11.9. The molecule has 0 saturated heterocycles. The van der Waals surface area contributed by atoms with Crippen molar-refractivity contribution in [1.82, 2.24) is 0 Å². The highest BCUT2D eigenvalue weighted by Crippen LogP contribution is 2.47. The van der Waals surface area contributed by atoms with Gasteiger partial charge in [0.1, 0.15) is 5.75 Å². The Balaban J connectivity index is 2.45. The minimum absolute atomic E-state index is 0.191. The van der Waals surface area contributed by atoms with Crippen LogP contribution in [0.25, 0.3) is 0 Å². The molecule has 2 rings (SSSR count). The number of ether oxygens (including phenoxy) is 1. The summed E-state index contributed by atoms with van der Waals surface area (Å²) >= 11 is 0. The Morgan fingerprint density at radius 1 is 1.06 bits per heavy atom. The van der Waals surface area contributed by atoms with Gasteiger partial charge < -0.3 is 4.74 Å². The molecule has 1 aliphatic carbocycles. The molecule has 0 heterocycles. The molecule has 0 aromatic heterocycles. The molecule has 1 aromatic rings. The van der Waals surface area contributed by atoms with Crippen LogP contribution in [0, 0.1) is 5.41 Å². The number of carbonyl (C=O) groups is 1. The lowest BCUT2D eigenvalue weighted by Crippen LogP contribution is -2.38. The van der Waals surface area contributed by atoms with E-state index in [1.165, 1.54) is 0 Å². The Morgan fingerprint density at radius 3 is 2.06 bits per heavy atom. The second-order valence-electron chi connectivity index (χ2n) is 5.25. The smallest absolute Gasteiger partial charge is 0.162 e. The summed E-state index contributed by atoms with van der Waals surface area (Å²) in [7, 11) is 1.65. The summed E-state index contributed by atoms with van der Waals surface area (Å²) in [5.41, 5.74) is 0.517. The van der Waals surface area contributed by atoms with Crippen molar-refractivity contribution in [3.05, 3.63) is 42.0 Å². The average Bonchev–Trinajstić information content (AvgIpc) is 2.54. The first kappa shape index (κ1) is 11.9. The van der Waals surface area contributed by atoms with Crippen LogP contribution < -0.4 is 4.74 Å². The number of ketones is 1. The highest BCUT2D eigenvalue weighted by Gasteiger charge is 2.48. The van der Waals surface area contributed by atoms with Gasteiger partial charge in [-0.15, -0.1) is 0 Å². The third-order valence-electron chi connectivity index (χ3n) is 4.17. The quantitative estimate of drug-likeness (QED) is 0.780. The van der Waals surface area contributed by atoms with Crippen molar-refractivity contribution in [2.24, 2.45) is 5.41 Å². The predicted molar refractivity (Wildman–Crippen MR) is 68.3 cm³/mol. The van der Waals surface area contributed by atoms with Gasteiger partial charge in [-0.2, -0.15) is 0 Å². The van der Waals surface area contributed by atoms with E-state index in [1.807, 2.05) is 44.2 Å². The van der Waals surface area contributed by atoms with Crippen molar-refractivity contribution in [3.63, 3.8) is 0 Å². The van der Waals surface area contributed by atoms with Gasteiger partial charge in [0, 0.05) is 10.8 Å². The SMILES string of the molecule is COc1ccc(C2(C)C=CC(=O)C2(C)C)cc1.